The van der Waals surface area contributed by atoms with Gasteiger partial charge in [-0.3, -0.25) is 0 Å². The Morgan fingerprint density at radius 1 is 1.07 bits per heavy atom. The Balaban J connectivity index is 2.19. The van der Waals surface area contributed by atoms with Crippen molar-refractivity contribution in [1.29, 1.82) is 0 Å². The van der Waals surface area contributed by atoms with Gasteiger partial charge < -0.3 is 9.47 Å². The van der Waals surface area contributed by atoms with Crippen LogP contribution in [-0.2, 0) is 9.47 Å². The van der Waals surface area contributed by atoms with Crippen molar-refractivity contribution in [3.63, 3.8) is 0 Å². The highest BCUT2D eigenvalue weighted by atomic mass is 16.7. The number of hydrogen-bond acceptors (Lipinski definition) is 2. The average molecular weight is 200 g/mol. The third kappa shape index (κ3) is 4.97. The van der Waals surface area contributed by atoms with Crippen molar-refractivity contribution in [1.82, 2.24) is 0 Å². The van der Waals surface area contributed by atoms with Crippen LogP contribution in [0.5, 0.6) is 0 Å². The van der Waals surface area contributed by atoms with E-state index in [9.17, 15) is 0 Å². The summed E-state index contributed by atoms with van der Waals surface area (Å²) in [5.74, 6) is 0. The van der Waals surface area contributed by atoms with E-state index in [-0.39, 0.29) is 6.29 Å². The molecule has 1 fully saturated rings. The minimum Gasteiger partial charge on any atom is -0.353 e. The van der Waals surface area contributed by atoms with Crippen molar-refractivity contribution in [2.75, 3.05) is 6.61 Å². The van der Waals surface area contributed by atoms with Crippen LogP contribution in [0.3, 0.4) is 0 Å². The Hall–Kier alpha value is -0.0800. The van der Waals surface area contributed by atoms with E-state index in [1.807, 2.05) is 13.8 Å². The van der Waals surface area contributed by atoms with Crippen molar-refractivity contribution in [3.8, 4) is 0 Å². The van der Waals surface area contributed by atoms with E-state index < -0.39 is 0 Å². The first-order chi connectivity index (χ1) is 6.83. The van der Waals surface area contributed by atoms with E-state index in [1.54, 1.807) is 0 Å². The van der Waals surface area contributed by atoms with Crippen LogP contribution in [0.25, 0.3) is 0 Å². The molecule has 0 aliphatic heterocycles. The molecule has 14 heavy (non-hydrogen) atoms. The zero-order valence-electron chi connectivity index (χ0n) is 9.63. The van der Waals surface area contributed by atoms with Crippen LogP contribution in [0.15, 0.2) is 0 Å². The summed E-state index contributed by atoms with van der Waals surface area (Å²) in [6.45, 7) is 4.76. The quantitative estimate of drug-likeness (QED) is 0.647. The fourth-order valence-electron chi connectivity index (χ4n) is 2.10. The molecule has 1 aliphatic rings. The minimum atomic E-state index is -0.0237. The van der Waals surface area contributed by atoms with Gasteiger partial charge in [-0.25, -0.2) is 0 Å². The van der Waals surface area contributed by atoms with Crippen LogP contribution in [0, 0.1) is 0 Å². The van der Waals surface area contributed by atoms with E-state index >= 15 is 0 Å². The normalized spacial score (nSPS) is 22.7. The van der Waals surface area contributed by atoms with Crippen LogP contribution < -0.4 is 0 Å². The van der Waals surface area contributed by atoms with Crippen molar-refractivity contribution in [2.45, 2.75) is 71.2 Å². The van der Waals surface area contributed by atoms with Crippen molar-refractivity contribution >= 4 is 0 Å². The second-order valence-electron chi connectivity index (χ2n) is 4.13. The smallest absolute Gasteiger partial charge is 0.155 e. The van der Waals surface area contributed by atoms with Crippen LogP contribution in [-0.4, -0.2) is 19.0 Å². The largest absolute Gasteiger partial charge is 0.353 e. The van der Waals surface area contributed by atoms with Gasteiger partial charge in [-0.2, -0.15) is 0 Å². The molecule has 0 bridgehead atoms. The standard InChI is InChI=1S/C12H24O2/c1-3-13-11(2)14-12-9-7-5-4-6-8-10-12/h11-12H,3-10H2,1-2H3. The van der Waals surface area contributed by atoms with Gasteiger partial charge in [-0.15, -0.1) is 0 Å². The van der Waals surface area contributed by atoms with Gasteiger partial charge in [0.25, 0.3) is 0 Å². The van der Waals surface area contributed by atoms with E-state index in [0.29, 0.717) is 6.10 Å². The van der Waals surface area contributed by atoms with Gasteiger partial charge in [0.05, 0.1) is 6.10 Å². The first kappa shape index (κ1) is 12.0. The second kappa shape index (κ2) is 7.24. The number of ether oxygens (including phenoxy) is 2. The first-order valence-corrected chi connectivity index (χ1v) is 6.10. The third-order valence-corrected chi connectivity index (χ3v) is 2.84. The molecule has 1 saturated carbocycles. The average Bonchev–Trinajstić information content (AvgIpc) is 2.10. The maximum absolute atomic E-state index is 5.85. The number of hydrogen-bond donors (Lipinski definition) is 0. The maximum atomic E-state index is 5.85. The lowest BCUT2D eigenvalue weighted by atomic mass is 9.99. The van der Waals surface area contributed by atoms with Gasteiger partial charge in [0.2, 0.25) is 0 Å². The highest BCUT2D eigenvalue weighted by Gasteiger charge is 2.14. The Morgan fingerprint density at radius 2 is 1.64 bits per heavy atom. The van der Waals surface area contributed by atoms with Crippen molar-refractivity contribution in [2.24, 2.45) is 0 Å². The van der Waals surface area contributed by atoms with Gasteiger partial charge in [0.1, 0.15) is 0 Å². The van der Waals surface area contributed by atoms with Crippen molar-refractivity contribution < 1.29 is 9.47 Å². The zero-order chi connectivity index (χ0) is 10.2. The van der Waals surface area contributed by atoms with E-state index in [4.69, 9.17) is 9.47 Å². The fraction of sp³-hybridized carbons (Fsp3) is 1.00. The van der Waals surface area contributed by atoms with Crippen LogP contribution in [0.2, 0.25) is 0 Å². The Kier molecular flexibility index (Phi) is 6.20. The van der Waals surface area contributed by atoms with Crippen molar-refractivity contribution in [3.05, 3.63) is 0 Å². The summed E-state index contributed by atoms with van der Waals surface area (Å²) < 4.78 is 11.2. The van der Waals surface area contributed by atoms with Crippen LogP contribution in [0.4, 0.5) is 0 Å². The third-order valence-electron chi connectivity index (χ3n) is 2.84. The fourth-order valence-corrected chi connectivity index (χ4v) is 2.10. The van der Waals surface area contributed by atoms with Gasteiger partial charge >= 0.3 is 0 Å². The topological polar surface area (TPSA) is 18.5 Å². The van der Waals surface area contributed by atoms with Crippen LogP contribution in [0.1, 0.15) is 58.8 Å². The summed E-state index contributed by atoms with van der Waals surface area (Å²) in [5, 5.41) is 0. The lowest BCUT2D eigenvalue weighted by Crippen LogP contribution is -2.23. The monoisotopic (exact) mass is 200 g/mol. The molecule has 0 N–H and O–H groups in total. The first-order valence-electron chi connectivity index (χ1n) is 6.10. The molecular formula is C12H24O2. The summed E-state index contributed by atoms with van der Waals surface area (Å²) in [6.07, 6.45) is 9.67. The van der Waals surface area contributed by atoms with Gasteiger partial charge in [0.15, 0.2) is 6.29 Å². The number of rotatable bonds is 4. The highest BCUT2D eigenvalue weighted by molar-refractivity contribution is 4.63. The molecule has 0 spiro atoms. The molecule has 1 rings (SSSR count). The summed E-state index contributed by atoms with van der Waals surface area (Å²) in [7, 11) is 0. The molecule has 2 heteroatoms. The van der Waals surface area contributed by atoms with Gasteiger partial charge in [-0.1, -0.05) is 32.1 Å². The Morgan fingerprint density at radius 3 is 2.21 bits per heavy atom. The summed E-state index contributed by atoms with van der Waals surface area (Å²) in [4.78, 5) is 0. The molecule has 0 radical (unpaired) electrons. The van der Waals surface area contributed by atoms with E-state index in [1.165, 1.54) is 44.9 Å². The molecule has 0 amide bonds. The van der Waals surface area contributed by atoms with E-state index in [2.05, 4.69) is 0 Å². The lowest BCUT2D eigenvalue weighted by Gasteiger charge is -2.23. The Bertz CT molecular complexity index is 128. The van der Waals surface area contributed by atoms with Gasteiger partial charge in [-0.05, 0) is 26.7 Å². The summed E-state index contributed by atoms with van der Waals surface area (Å²) >= 11 is 0. The molecule has 84 valence electrons. The van der Waals surface area contributed by atoms with E-state index in [0.717, 1.165) is 6.61 Å². The molecule has 1 aliphatic carbocycles. The van der Waals surface area contributed by atoms with Gasteiger partial charge in [0, 0.05) is 6.61 Å². The SMILES string of the molecule is CCOC(C)OC1CCCCCCC1. The molecule has 0 aromatic heterocycles. The second-order valence-corrected chi connectivity index (χ2v) is 4.13. The molecule has 0 heterocycles. The molecule has 0 aromatic rings. The molecule has 0 aromatic carbocycles. The maximum Gasteiger partial charge on any atom is 0.155 e. The molecule has 0 saturated heterocycles. The minimum absolute atomic E-state index is 0.0237. The Labute approximate surface area is 88.0 Å². The zero-order valence-corrected chi connectivity index (χ0v) is 9.63. The summed E-state index contributed by atoms with van der Waals surface area (Å²) in [5.41, 5.74) is 0. The lowest BCUT2D eigenvalue weighted by molar-refractivity contribution is -0.161. The summed E-state index contributed by atoms with van der Waals surface area (Å²) in [6, 6.07) is 0. The molecule has 1 atom stereocenters. The van der Waals surface area contributed by atoms with Crippen LogP contribution >= 0.6 is 0 Å². The molecule has 1 unspecified atom stereocenters. The molecular weight excluding hydrogens is 176 g/mol. The molecule has 2 nitrogen and oxygen atoms in total. The predicted molar refractivity (Wildman–Crippen MR) is 58.3 cm³/mol. The predicted octanol–water partition coefficient (Wildman–Crippen LogP) is 3.50. The highest BCUT2D eigenvalue weighted by Crippen LogP contribution is 2.20.